The average Bonchev–Trinajstić information content (AvgIpc) is 2.63. The van der Waals surface area contributed by atoms with Crippen molar-refractivity contribution in [3.63, 3.8) is 0 Å². The lowest BCUT2D eigenvalue weighted by Crippen LogP contribution is -2.16. The van der Waals surface area contributed by atoms with Gasteiger partial charge in [-0.2, -0.15) is 0 Å². The van der Waals surface area contributed by atoms with Crippen molar-refractivity contribution < 1.29 is 9.53 Å². The molecule has 1 amide bonds. The van der Waals surface area contributed by atoms with E-state index >= 15 is 0 Å². The first-order valence-electron chi connectivity index (χ1n) is 8.47. The van der Waals surface area contributed by atoms with Gasteiger partial charge in [0.1, 0.15) is 5.82 Å². The molecule has 0 aliphatic heterocycles. The molecule has 0 radical (unpaired) electrons. The predicted octanol–water partition coefficient (Wildman–Crippen LogP) is 4.87. The number of halogens is 2. The van der Waals surface area contributed by atoms with Gasteiger partial charge in [0.2, 0.25) is 0 Å². The average molecular weight is 409 g/mol. The van der Waals surface area contributed by atoms with E-state index < -0.39 is 5.91 Å². The second-order valence-corrected chi connectivity index (χ2v) is 6.74. The molecule has 3 N–H and O–H groups in total. The van der Waals surface area contributed by atoms with Gasteiger partial charge in [0.05, 0.1) is 16.1 Å². The molecule has 144 valence electrons. The number of ether oxygens (including phenoxy) is 1. The molecule has 0 bridgehead atoms. The first-order chi connectivity index (χ1) is 12.9. The summed E-state index contributed by atoms with van der Waals surface area (Å²) in [5, 5.41) is 14.7. The van der Waals surface area contributed by atoms with E-state index in [1.54, 1.807) is 38.3 Å². The van der Waals surface area contributed by atoms with E-state index in [0.717, 1.165) is 12.8 Å². The maximum absolute atomic E-state index is 12.6. The smallest absolute Gasteiger partial charge is 0.258 e. The number of pyridine rings is 1. The van der Waals surface area contributed by atoms with Crippen LogP contribution in [0.2, 0.25) is 10.0 Å². The number of nitrogens with zero attached hydrogens (tertiary/aromatic N) is 1. The molecule has 0 saturated carbocycles. The Morgan fingerprint density at radius 2 is 1.93 bits per heavy atom. The molecule has 27 heavy (non-hydrogen) atoms. The van der Waals surface area contributed by atoms with Gasteiger partial charge in [-0.05, 0) is 44.0 Å². The van der Waals surface area contributed by atoms with E-state index in [9.17, 15) is 4.79 Å². The van der Waals surface area contributed by atoms with E-state index in [1.165, 1.54) is 6.20 Å². The maximum Gasteiger partial charge on any atom is 0.258 e. The first-order valence-corrected chi connectivity index (χ1v) is 9.23. The van der Waals surface area contributed by atoms with Crippen LogP contribution in [0.1, 0.15) is 35.7 Å². The number of nitrogens with one attached hydrogen (secondary N) is 3. The van der Waals surface area contributed by atoms with Crippen LogP contribution in [0.3, 0.4) is 0 Å². The quantitative estimate of drug-likeness (QED) is 0.408. The number of methoxy groups -OCH3 is 1. The lowest BCUT2D eigenvalue weighted by molar-refractivity contribution is 0.102. The molecule has 0 fully saturated rings. The number of unbranched alkanes of at least 4 members (excludes halogenated alkanes) is 1. The molecule has 0 aliphatic rings. The summed E-state index contributed by atoms with van der Waals surface area (Å²) in [5.41, 5.74) is 1.45. The number of hydrogen-bond acceptors (Lipinski definition) is 5. The van der Waals surface area contributed by atoms with Gasteiger partial charge in [0.15, 0.2) is 0 Å². The van der Waals surface area contributed by atoms with Gasteiger partial charge in [0, 0.05) is 42.9 Å². The highest BCUT2D eigenvalue weighted by atomic mass is 35.5. The van der Waals surface area contributed by atoms with Crippen LogP contribution in [0, 0.1) is 5.41 Å². The minimum atomic E-state index is -0.399. The van der Waals surface area contributed by atoms with Gasteiger partial charge >= 0.3 is 0 Å². The molecule has 1 aromatic carbocycles. The molecule has 0 atom stereocenters. The van der Waals surface area contributed by atoms with Crippen LogP contribution in [0.4, 0.5) is 11.5 Å². The molecule has 6 nitrogen and oxygen atoms in total. The van der Waals surface area contributed by atoms with Crippen LogP contribution in [-0.2, 0) is 4.74 Å². The number of hydrogen-bond donors (Lipinski definition) is 3. The Morgan fingerprint density at radius 1 is 1.22 bits per heavy atom. The summed E-state index contributed by atoms with van der Waals surface area (Å²) < 4.78 is 5.02. The van der Waals surface area contributed by atoms with Gasteiger partial charge < -0.3 is 20.8 Å². The predicted molar refractivity (Wildman–Crippen MR) is 111 cm³/mol. The molecule has 0 unspecified atom stereocenters. The number of aromatic nitrogens is 1. The standard InChI is InChI=1S/C19H22Cl2N4O2/c1-12(22)16-17(21)15(11-24-18(16)23-9-3-4-10-27-2)19(26)25-14-7-5-13(20)6-8-14/h5-8,11,22H,3-4,9-10H2,1-2H3,(H,23,24)(H,25,26). The minimum Gasteiger partial charge on any atom is -0.385 e. The summed E-state index contributed by atoms with van der Waals surface area (Å²) in [6, 6.07) is 6.75. The van der Waals surface area contributed by atoms with Crippen molar-refractivity contribution >= 4 is 46.3 Å². The fourth-order valence-electron chi connectivity index (χ4n) is 2.43. The molecule has 0 spiro atoms. The maximum atomic E-state index is 12.6. The number of benzene rings is 1. The summed E-state index contributed by atoms with van der Waals surface area (Å²) in [7, 11) is 1.67. The molecular formula is C19H22Cl2N4O2. The minimum absolute atomic E-state index is 0.198. The van der Waals surface area contributed by atoms with Crippen LogP contribution in [-0.4, -0.2) is 36.9 Å². The second kappa shape index (κ2) is 10.3. The zero-order chi connectivity index (χ0) is 19.8. The van der Waals surface area contributed by atoms with Crippen molar-refractivity contribution in [2.24, 2.45) is 0 Å². The number of carbonyl (C=O) groups is 1. The van der Waals surface area contributed by atoms with Gasteiger partial charge in [-0.1, -0.05) is 23.2 Å². The summed E-state index contributed by atoms with van der Waals surface area (Å²) in [5.74, 6) is 0.0944. The van der Waals surface area contributed by atoms with E-state index in [2.05, 4.69) is 15.6 Å². The molecular weight excluding hydrogens is 387 g/mol. The van der Waals surface area contributed by atoms with Crippen molar-refractivity contribution in [2.45, 2.75) is 19.8 Å². The highest BCUT2D eigenvalue weighted by Gasteiger charge is 2.19. The van der Waals surface area contributed by atoms with Crippen LogP contribution in [0.15, 0.2) is 30.5 Å². The summed E-state index contributed by atoms with van der Waals surface area (Å²) >= 11 is 12.3. The Morgan fingerprint density at radius 3 is 2.56 bits per heavy atom. The third-order valence-electron chi connectivity index (χ3n) is 3.80. The van der Waals surface area contributed by atoms with E-state index in [-0.39, 0.29) is 16.3 Å². The van der Waals surface area contributed by atoms with Crippen LogP contribution >= 0.6 is 23.2 Å². The highest BCUT2D eigenvalue weighted by molar-refractivity contribution is 6.38. The van der Waals surface area contributed by atoms with Crippen LogP contribution < -0.4 is 10.6 Å². The van der Waals surface area contributed by atoms with Crippen molar-refractivity contribution in [1.82, 2.24) is 4.98 Å². The van der Waals surface area contributed by atoms with Crippen molar-refractivity contribution in [3.05, 3.63) is 51.6 Å². The fraction of sp³-hybridized carbons (Fsp3) is 0.316. The van der Waals surface area contributed by atoms with Gasteiger partial charge in [0.25, 0.3) is 5.91 Å². The number of amides is 1. The van der Waals surface area contributed by atoms with E-state index in [1.807, 2.05) is 0 Å². The normalized spacial score (nSPS) is 10.5. The lowest BCUT2D eigenvalue weighted by Gasteiger charge is -2.15. The number of anilines is 2. The summed E-state index contributed by atoms with van der Waals surface area (Å²) in [6.45, 7) is 2.97. The Hall–Kier alpha value is -2.15. The third kappa shape index (κ3) is 5.92. The Balaban J connectivity index is 2.17. The molecule has 2 aromatic rings. The zero-order valence-electron chi connectivity index (χ0n) is 15.2. The number of carbonyl (C=O) groups excluding carboxylic acids is 1. The Labute approximate surface area is 168 Å². The van der Waals surface area contributed by atoms with Crippen molar-refractivity contribution in [2.75, 3.05) is 30.9 Å². The third-order valence-corrected chi connectivity index (χ3v) is 4.45. The molecule has 2 rings (SSSR count). The van der Waals surface area contributed by atoms with E-state index in [0.29, 0.717) is 35.2 Å². The zero-order valence-corrected chi connectivity index (χ0v) is 16.7. The second-order valence-electron chi connectivity index (χ2n) is 5.92. The highest BCUT2D eigenvalue weighted by Crippen LogP contribution is 2.28. The monoisotopic (exact) mass is 408 g/mol. The topological polar surface area (TPSA) is 87.1 Å². The van der Waals surface area contributed by atoms with Crippen LogP contribution in [0.25, 0.3) is 0 Å². The molecule has 8 heteroatoms. The van der Waals surface area contributed by atoms with Gasteiger partial charge in [-0.15, -0.1) is 0 Å². The van der Waals surface area contributed by atoms with E-state index in [4.69, 9.17) is 33.3 Å². The fourth-order valence-corrected chi connectivity index (χ4v) is 2.93. The molecule has 1 heterocycles. The summed E-state index contributed by atoms with van der Waals surface area (Å²) in [6.07, 6.45) is 3.22. The van der Waals surface area contributed by atoms with Gasteiger partial charge in [-0.3, -0.25) is 4.79 Å². The Kier molecular flexibility index (Phi) is 8.03. The summed E-state index contributed by atoms with van der Waals surface area (Å²) in [4.78, 5) is 16.9. The Bertz CT molecular complexity index is 810. The van der Waals surface area contributed by atoms with Gasteiger partial charge in [-0.25, -0.2) is 4.98 Å². The first kappa shape index (κ1) is 21.2. The van der Waals surface area contributed by atoms with Crippen LogP contribution in [0.5, 0.6) is 0 Å². The lowest BCUT2D eigenvalue weighted by atomic mass is 10.1. The molecule has 0 aliphatic carbocycles. The van der Waals surface area contributed by atoms with Crippen molar-refractivity contribution in [3.8, 4) is 0 Å². The SMILES string of the molecule is COCCCCNc1ncc(C(=O)Nc2ccc(Cl)cc2)c(Cl)c1C(C)=N. The largest absolute Gasteiger partial charge is 0.385 e. The number of rotatable bonds is 9. The molecule has 1 aromatic heterocycles. The van der Waals surface area contributed by atoms with Crippen molar-refractivity contribution in [1.29, 1.82) is 5.41 Å². The molecule has 0 saturated heterocycles.